The van der Waals surface area contributed by atoms with E-state index in [4.69, 9.17) is 16.0 Å². The fourth-order valence-electron chi connectivity index (χ4n) is 2.38. The van der Waals surface area contributed by atoms with Gasteiger partial charge in [0.15, 0.2) is 11.5 Å². The molecule has 0 saturated carbocycles. The summed E-state index contributed by atoms with van der Waals surface area (Å²) in [6.45, 7) is 1.30. The van der Waals surface area contributed by atoms with Gasteiger partial charge < -0.3 is 9.52 Å². The molecule has 0 bridgehead atoms. The summed E-state index contributed by atoms with van der Waals surface area (Å²) < 4.78 is 72.0. The lowest BCUT2D eigenvalue weighted by Gasteiger charge is -2.34. The van der Waals surface area contributed by atoms with Gasteiger partial charge in [-0.25, -0.2) is 9.97 Å². The zero-order valence-electron chi connectivity index (χ0n) is 12.9. The summed E-state index contributed by atoms with van der Waals surface area (Å²) in [6, 6.07) is 3.33. The molecule has 1 atom stereocenters. The summed E-state index contributed by atoms with van der Waals surface area (Å²) >= 11 is 4.97. The van der Waals surface area contributed by atoms with Gasteiger partial charge in [-0.1, -0.05) is 0 Å². The fraction of sp³-hybridized carbons (Fsp3) is 0.357. The van der Waals surface area contributed by atoms with Crippen LogP contribution in [0, 0.1) is 0 Å². The smallest absolute Gasteiger partial charge is 0.433 e. The Hall–Kier alpha value is -2.27. The maximum Gasteiger partial charge on any atom is 0.433 e. The number of hydrogen-bond acceptors (Lipinski definition) is 6. The second-order valence-corrected chi connectivity index (χ2v) is 6.03. The number of rotatable bonds is 3. The van der Waals surface area contributed by atoms with E-state index in [1.807, 2.05) is 0 Å². The van der Waals surface area contributed by atoms with Crippen molar-refractivity contribution in [3.05, 3.63) is 30.2 Å². The summed E-state index contributed by atoms with van der Waals surface area (Å²) in [6.07, 6.45) is -4.41. The van der Waals surface area contributed by atoms with Crippen LogP contribution in [0.2, 0.25) is 0 Å². The zero-order chi connectivity index (χ0) is 19.3. The first-order valence-corrected chi connectivity index (χ1v) is 7.43. The number of aromatic nitrogens is 2. The normalized spacial score (nSPS) is 21.2. The minimum Gasteiger partial charge on any atom is -0.463 e. The quantitative estimate of drug-likeness (QED) is 0.630. The molecule has 2 aromatic heterocycles. The van der Waals surface area contributed by atoms with E-state index in [1.165, 1.54) is 25.3 Å². The minimum atomic E-state index is -4.90. The first-order valence-electron chi connectivity index (χ1n) is 7.05. The third-order valence-electron chi connectivity index (χ3n) is 3.55. The topological polar surface area (TPSA) is 74.8 Å². The van der Waals surface area contributed by atoms with Crippen LogP contribution >= 0.6 is 11.6 Å². The highest BCUT2D eigenvalue weighted by molar-refractivity contribution is 6.23. The Labute approximate surface area is 147 Å². The standard InChI is InChI=1S/C14H10ClF5N4O2/c1-7-6-12(25,14(15,19)20)24(23-7)11-21-8(9-3-2-4-26-9)5-10(22-11)13(16,17)18/h2-5,25H,6H2,1H3/t12-/m1/s1. The van der Waals surface area contributed by atoms with Crippen molar-refractivity contribution in [3.8, 4) is 11.5 Å². The van der Waals surface area contributed by atoms with Crippen molar-refractivity contribution in [2.24, 2.45) is 5.10 Å². The fourth-order valence-corrected chi connectivity index (χ4v) is 2.52. The lowest BCUT2D eigenvalue weighted by molar-refractivity contribution is -0.141. The van der Waals surface area contributed by atoms with Crippen molar-refractivity contribution in [3.63, 3.8) is 0 Å². The Kier molecular flexibility index (Phi) is 4.19. The lowest BCUT2D eigenvalue weighted by Crippen LogP contribution is -2.55. The number of halogens is 6. The number of nitrogens with zero attached hydrogens (tertiary/aromatic N) is 4. The molecule has 6 nitrogen and oxygen atoms in total. The van der Waals surface area contributed by atoms with Crippen LogP contribution in [0.15, 0.2) is 34.0 Å². The molecule has 26 heavy (non-hydrogen) atoms. The van der Waals surface area contributed by atoms with Gasteiger partial charge in [0.1, 0.15) is 5.69 Å². The van der Waals surface area contributed by atoms with Gasteiger partial charge in [-0.2, -0.15) is 32.1 Å². The molecule has 0 unspecified atom stereocenters. The Morgan fingerprint density at radius 3 is 2.50 bits per heavy atom. The van der Waals surface area contributed by atoms with Gasteiger partial charge in [-0.3, -0.25) is 0 Å². The predicted molar refractivity (Wildman–Crippen MR) is 80.7 cm³/mol. The largest absolute Gasteiger partial charge is 0.463 e. The minimum absolute atomic E-state index is 0.00776. The Morgan fingerprint density at radius 1 is 1.27 bits per heavy atom. The molecule has 1 aliphatic rings. The summed E-state index contributed by atoms with van der Waals surface area (Å²) in [4.78, 5) is 7.01. The summed E-state index contributed by atoms with van der Waals surface area (Å²) in [5, 5.41) is 9.86. The van der Waals surface area contributed by atoms with Gasteiger partial charge in [0.2, 0.25) is 11.7 Å². The van der Waals surface area contributed by atoms with Crippen LogP contribution in [-0.4, -0.2) is 31.9 Å². The Morgan fingerprint density at radius 2 is 1.96 bits per heavy atom. The first-order chi connectivity index (χ1) is 11.9. The molecule has 0 aliphatic carbocycles. The van der Waals surface area contributed by atoms with E-state index >= 15 is 0 Å². The van der Waals surface area contributed by atoms with Crippen LogP contribution in [0.1, 0.15) is 19.0 Å². The average molecular weight is 397 g/mol. The van der Waals surface area contributed by atoms with E-state index < -0.39 is 35.3 Å². The van der Waals surface area contributed by atoms with Crippen molar-refractivity contribution >= 4 is 23.3 Å². The van der Waals surface area contributed by atoms with Crippen LogP contribution in [0.5, 0.6) is 0 Å². The van der Waals surface area contributed by atoms with E-state index in [0.717, 1.165) is 0 Å². The first kappa shape index (κ1) is 18.5. The number of aliphatic hydroxyl groups is 1. The van der Waals surface area contributed by atoms with Crippen LogP contribution in [0.3, 0.4) is 0 Å². The highest BCUT2D eigenvalue weighted by atomic mass is 35.5. The lowest BCUT2D eigenvalue weighted by atomic mass is 10.1. The molecule has 0 spiro atoms. The van der Waals surface area contributed by atoms with Gasteiger partial charge in [-0.05, 0) is 36.7 Å². The van der Waals surface area contributed by atoms with Crippen molar-refractivity contribution in [1.82, 2.24) is 9.97 Å². The monoisotopic (exact) mass is 396 g/mol. The number of anilines is 1. The average Bonchev–Trinajstić information content (AvgIpc) is 3.13. The number of furan rings is 1. The highest BCUT2D eigenvalue weighted by Gasteiger charge is 2.60. The molecule has 0 saturated heterocycles. The zero-order valence-corrected chi connectivity index (χ0v) is 13.7. The van der Waals surface area contributed by atoms with Crippen LogP contribution in [-0.2, 0) is 6.18 Å². The predicted octanol–water partition coefficient (Wildman–Crippen LogP) is 3.86. The molecule has 0 aromatic carbocycles. The molecule has 0 radical (unpaired) electrons. The van der Waals surface area contributed by atoms with Crippen molar-refractivity contribution < 1.29 is 31.5 Å². The van der Waals surface area contributed by atoms with Gasteiger partial charge in [0, 0.05) is 12.1 Å². The molecule has 0 fully saturated rings. The number of alkyl halides is 6. The van der Waals surface area contributed by atoms with E-state index in [9.17, 15) is 27.1 Å². The van der Waals surface area contributed by atoms with Gasteiger partial charge in [0.05, 0.1) is 6.26 Å². The van der Waals surface area contributed by atoms with Crippen LogP contribution < -0.4 is 5.01 Å². The van der Waals surface area contributed by atoms with E-state index in [2.05, 4.69) is 15.1 Å². The molecular formula is C14H10ClF5N4O2. The van der Waals surface area contributed by atoms with Crippen molar-refractivity contribution in [2.45, 2.75) is 30.6 Å². The van der Waals surface area contributed by atoms with E-state index in [-0.39, 0.29) is 22.2 Å². The van der Waals surface area contributed by atoms with Gasteiger partial charge in [-0.15, -0.1) is 0 Å². The van der Waals surface area contributed by atoms with E-state index in [0.29, 0.717) is 6.07 Å². The third kappa shape index (κ3) is 3.12. The Bertz CT molecular complexity index is 850. The summed E-state index contributed by atoms with van der Waals surface area (Å²) in [5.41, 5.74) is -4.86. The van der Waals surface area contributed by atoms with E-state index in [1.54, 1.807) is 0 Å². The van der Waals surface area contributed by atoms with Crippen molar-refractivity contribution in [2.75, 3.05) is 5.01 Å². The third-order valence-corrected chi connectivity index (χ3v) is 3.85. The van der Waals surface area contributed by atoms with Crippen molar-refractivity contribution in [1.29, 1.82) is 0 Å². The molecule has 2 aromatic rings. The number of hydrogen-bond donors (Lipinski definition) is 1. The molecular weight excluding hydrogens is 387 g/mol. The van der Waals surface area contributed by atoms with Crippen LogP contribution in [0.25, 0.3) is 11.5 Å². The molecule has 1 N–H and O–H groups in total. The second-order valence-electron chi connectivity index (χ2n) is 5.55. The summed E-state index contributed by atoms with van der Waals surface area (Å²) in [7, 11) is 0. The molecule has 3 rings (SSSR count). The highest BCUT2D eigenvalue weighted by Crippen LogP contribution is 2.44. The molecule has 140 valence electrons. The Balaban J connectivity index is 2.19. The maximum absolute atomic E-state index is 13.7. The molecule has 3 heterocycles. The number of hydrazone groups is 1. The SMILES string of the molecule is CC1=NN(c2nc(-c3ccco3)cc(C(F)(F)F)n2)[C@](O)(C(F)(F)Cl)C1. The molecule has 1 aliphatic heterocycles. The van der Waals surface area contributed by atoms with Gasteiger partial charge in [0.25, 0.3) is 0 Å². The molecule has 12 heteroatoms. The second kappa shape index (κ2) is 5.88. The maximum atomic E-state index is 13.7. The van der Waals surface area contributed by atoms with Gasteiger partial charge >= 0.3 is 11.6 Å². The summed E-state index contributed by atoms with van der Waals surface area (Å²) in [5.74, 6) is -0.953. The van der Waals surface area contributed by atoms with Crippen LogP contribution in [0.4, 0.5) is 27.9 Å². The molecule has 0 amide bonds.